The van der Waals surface area contributed by atoms with E-state index in [9.17, 15) is 8.42 Å². The molecular weight excluding hydrogens is 190 g/mol. The molecule has 1 aliphatic rings. The van der Waals surface area contributed by atoms with Crippen LogP contribution >= 0.6 is 0 Å². The van der Waals surface area contributed by atoms with Gasteiger partial charge >= 0.3 is 0 Å². The molecule has 0 N–H and O–H groups in total. The molecule has 5 heteroatoms. The van der Waals surface area contributed by atoms with Gasteiger partial charge in [0.25, 0.3) is 0 Å². The Morgan fingerprint density at radius 2 is 2.15 bits per heavy atom. The molecule has 1 heterocycles. The average molecular weight is 207 g/mol. The molecule has 1 aliphatic heterocycles. The monoisotopic (exact) mass is 207 g/mol. The first-order chi connectivity index (χ1) is 5.87. The summed E-state index contributed by atoms with van der Waals surface area (Å²) in [6.45, 7) is 5.41. The van der Waals surface area contributed by atoms with E-state index in [0.29, 0.717) is 19.7 Å². The molecule has 0 aromatic rings. The van der Waals surface area contributed by atoms with Gasteiger partial charge in [-0.25, -0.2) is 8.42 Å². The summed E-state index contributed by atoms with van der Waals surface area (Å²) in [6.07, 6.45) is 2.08. The standard InChI is InChI=1S/C8H17NO3S/c1-4-8(2)7-9(5-6-12-8)13(3,10)11/h4-7H2,1-3H3. The van der Waals surface area contributed by atoms with Crippen molar-refractivity contribution >= 4 is 10.0 Å². The van der Waals surface area contributed by atoms with Crippen molar-refractivity contribution in [3.63, 3.8) is 0 Å². The Kier molecular flexibility index (Phi) is 2.99. The van der Waals surface area contributed by atoms with E-state index in [2.05, 4.69) is 0 Å². The third kappa shape index (κ3) is 2.65. The molecule has 78 valence electrons. The number of rotatable bonds is 2. The smallest absolute Gasteiger partial charge is 0.211 e. The van der Waals surface area contributed by atoms with Crippen molar-refractivity contribution in [2.45, 2.75) is 25.9 Å². The van der Waals surface area contributed by atoms with Crippen LogP contribution in [0.15, 0.2) is 0 Å². The predicted molar refractivity (Wildman–Crippen MR) is 51.1 cm³/mol. The maximum atomic E-state index is 11.3. The number of hydrogen-bond acceptors (Lipinski definition) is 3. The van der Waals surface area contributed by atoms with Crippen LogP contribution in [-0.2, 0) is 14.8 Å². The van der Waals surface area contributed by atoms with Crippen molar-refractivity contribution < 1.29 is 13.2 Å². The fourth-order valence-electron chi connectivity index (χ4n) is 1.39. The Morgan fingerprint density at radius 3 is 2.62 bits per heavy atom. The summed E-state index contributed by atoms with van der Waals surface area (Å²) in [4.78, 5) is 0. The highest BCUT2D eigenvalue weighted by Gasteiger charge is 2.33. The minimum Gasteiger partial charge on any atom is -0.373 e. The summed E-state index contributed by atoms with van der Waals surface area (Å²) >= 11 is 0. The van der Waals surface area contributed by atoms with E-state index in [0.717, 1.165) is 6.42 Å². The van der Waals surface area contributed by atoms with Gasteiger partial charge in [0, 0.05) is 13.1 Å². The molecule has 1 rings (SSSR count). The van der Waals surface area contributed by atoms with Gasteiger partial charge in [0.05, 0.1) is 18.5 Å². The fourth-order valence-corrected chi connectivity index (χ4v) is 2.30. The SMILES string of the molecule is CCC1(C)CN(S(C)(=O)=O)CCO1. The summed E-state index contributed by atoms with van der Waals surface area (Å²) in [5.41, 5.74) is -0.304. The first kappa shape index (κ1) is 10.9. The van der Waals surface area contributed by atoms with Gasteiger partial charge in [0.15, 0.2) is 0 Å². The van der Waals surface area contributed by atoms with E-state index >= 15 is 0 Å². The molecule has 1 fully saturated rings. The molecule has 0 aromatic carbocycles. The zero-order chi connectivity index (χ0) is 10.1. The van der Waals surface area contributed by atoms with E-state index in [1.807, 2.05) is 13.8 Å². The van der Waals surface area contributed by atoms with Crippen molar-refractivity contribution in [3.8, 4) is 0 Å². The van der Waals surface area contributed by atoms with E-state index in [1.165, 1.54) is 10.6 Å². The lowest BCUT2D eigenvalue weighted by atomic mass is 10.0. The summed E-state index contributed by atoms with van der Waals surface area (Å²) in [5.74, 6) is 0. The Labute approximate surface area is 79.9 Å². The summed E-state index contributed by atoms with van der Waals surface area (Å²) in [6, 6.07) is 0. The largest absolute Gasteiger partial charge is 0.373 e. The van der Waals surface area contributed by atoms with Crippen molar-refractivity contribution in [1.82, 2.24) is 4.31 Å². The Hall–Kier alpha value is -0.130. The van der Waals surface area contributed by atoms with E-state index < -0.39 is 10.0 Å². The van der Waals surface area contributed by atoms with Crippen LogP contribution in [0.25, 0.3) is 0 Å². The second-order valence-corrected chi connectivity index (χ2v) is 5.73. The maximum Gasteiger partial charge on any atom is 0.211 e. The molecule has 0 aliphatic carbocycles. The highest BCUT2D eigenvalue weighted by atomic mass is 32.2. The minimum absolute atomic E-state index is 0.304. The maximum absolute atomic E-state index is 11.3. The van der Waals surface area contributed by atoms with Gasteiger partial charge in [-0.1, -0.05) is 6.92 Å². The Balaban J connectivity index is 2.73. The second-order valence-electron chi connectivity index (χ2n) is 3.75. The van der Waals surface area contributed by atoms with Crippen molar-refractivity contribution in [1.29, 1.82) is 0 Å². The van der Waals surface area contributed by atoms with Gasteiger partial charge in [-0.15, -0.1) is 0 Å². The summed E-state index contributed by atoms with van der Waals surface area (Å²) < 4.78 is 29.5. The number of nitrogens with zero attached hydrogens (tertiary/aromatic N) is 1. The molecule has 1 unspecified atom stereocenters. The highest BCUT2D eigenvalue weighted by molar-refractivity contribution is 7.88. The molecular formula is C8H17NO3S. The molecule has 0 spiro atoms. The van der Waals surface area contributed by atoms with E-state index in [-0.39, 0.29) is 5.60 Å². The van der Waals surface area contributed by atoms with Gasteiger partial charge in [0.2, 0.25) is 10.0 Å². The van der Waals surface area contributed by atoms with Crippen LogP contribution in [-0.4, -0.2) is 44.3 Å². The number of sulfonamides is 1. The first-order valence-electron chi connectivity index (χ1n) is 4.46. The first-order valence-corrected chi connectivity index (χ1v) is 6.31. The quantitative estimate of drug-likeness (QED) is 0.660. The highest BCUT2D eigenvalue weighted by Crippen LogP contribution is 2.22. The molecule has 13 heavy (non-hydrogen) atoms. The van der Waals surface area contributed by atoms with Gasteiger partial charge in [-0.2, -0.15) is 4.31 Å². The van der Waals surface area contributed by atoms with Gasteiger partial charge in [0.1, 0.15) is 0 Å². The topological polar surface area (TPSA) is 46.6 Å². The number of ether oxygens (including phenoxy) is 1. The molecule has 0 radical (unpaired) electrons. The molecule has 0 bridgehead atoms. The molecule has 0 amide bonds. The molecule has 1 saturated heterocycles. The zero-order valence-corrected chi connectivity index (χ0v) is 9.23. The van der Waals surface area contributed by atoms with Crippen LogP contribution in [0, 0.1) is 0 Å². The van der Waals surface area contributed by atoms with Gasteiger partial charge < -0.3 is 4.74 Å². The number of hydrogen-bond donors (Lipinski definition) is 0. The van der Waals surface area contributed by atoms with Crippen LogP contribution in [0.3, 0.4) is 0 Å². The molecule has 4 nitrogen and oxygen atoms in total. The predicted octanol–water partition coefficient (Wildman–Crippen LogP) is 0.447. The zero-order valence-electron chi connectivity index (χ0n) is 8.41. The van der Waals surface area contributed by atoms with E-state index in [1.54, 1.807) is 0 Å². The Bertz CT molecular complexity index is 275. The Morgan fingerprint density at radius 1 is 1.54 bits per heavy atom. The van der Waals surface area contributed by atoms with Crippen LogP contribution < -0.4 is 0 Å². The summed E-state index contributed by atoms with van der Waals surface area (Å²) in [7, 11) is -3.05. The van der Waals surface area contributed by atoms with Crippen molar-refractivity contribution in [3.05, 3.63) is 0 Å². The third-order valence-electron chi connectivity index (χ3n) is 2.52. The van der Waals surface area contributed by atoms with Gasteiger partial charge in [-0.05, 0) is 13.3 Å². The molecule has 0 saturated carbocycles. The fraction of sp³-hybridized carbons (Fsp3) is 1.00. The van der Waals surface area contributed by atoms with Crippen molar-refractivity contribution in [2.24, 2.45) is 0 Å². The van der Waals surface area contributed by atoms with Crippen LogP contribution in [0.4, 0.5) is 0 Å². The lowest BCUT2D eigenvalue weighted by Crippen LogP contribution is -2.51. The summed E-state index contributed by atoms with van der Waals surface area (Å²) in [5, 5.41) is 0. The lowest BCUT2D eigenvalue weighted by Gasteiger charge is -2.38. The van der Waals surface area contributed by atoms with Crippen LogP contribution in [0.5, 0.6) is 0 Å². The molecule has 1 atom stereocenters. The van der Waals surface area contributed by atoms with E-state index in [4.69, 9.17) is 4.74 Å². The number of morpholine rings is 1. The molecule has 0 aromatic heterocycles. The average Bonchev–Trinajstić information content (AvgIpc) is 2.03. The van der Waals surface area contributed by atoms with Crippen LogP contribution in [0.1, 0.15) is 20.3 Å². The van der Waals surface area contributed by atoms with Crippen molar-refractivity contribution in [2.75, 3.05) is 26.0 Å². The second kappa shape index (κ2) is 3.55. The minimum atomic E-state index is -3.05. The third-order valence-corrected chi connectivity index (χ3v) is 3.77. The lowest BCUT2D eigenvalue weighted by molar-refractivity contribution is -0.0785. The van der Waals surface area contributed by atoms with Crippen LogP contribution in [0.2, 0.25) is 0 Å². The van der Waals surface area contributed by atoms with Gasteiger partial charge in [-0.3, -0.25) is 0 Å². The normalized spacial score (nSPS) is 31.9.